The molecule has 4 rings (SSSR count). The number of nitrogens with zero attached hydrogens (tertiary/aromatic N) is 6. The van der Waals surface area contributed by atoms with Gasteiger partial charge in [-0.05, 0) is 6.07 Å². The van der Waals surface area contributed by atoms with Crippen molar-refractivity contribution in [2.45, 2.75) is 6.04 Å². The smallest absolute Gasteiger partial charge is 0.186 e. The Labute approximate surface area is 126 Å². The average molecular weight is 298 g/mol. The quantitative estimate of drug-likeness (QED) is 0.735. The molecule has 3 aromatic heterocycles. The second kappa shape index (κ2) is 4.92. The molecule has 0 bridgehead atoms. The van der Waals surface area contributed by atoms with E-state index in [4.69, 9.17) is 0 Å². The minimum Gasteiger partial charge on any atom is -0.351 e. The van der Waals surface area contributed by atoms with Crippen LogP contribution in [0, 0.1) is 0 Å². The van der Waals surface area contributed by atoms with Crippen molar-refractivity contribution in [1.29, 1.82) is 0 Å². The Balaban J connectivity index is 1.48. The monoisotopic (exact) mass is 298 g/mol. The Bertz CT molecular complexity index is 719. The molecule has 1 saturated heterocycles. The van der Waals surface area contributed by atoms with Gasteiger partial charge in [-0.1, -0.05) is 11.3 Å². The van der Waals surface area contributed by atoms with E-state index < -0.39 is 0 Å². The summed E-state index contributed by atoms with van der Waals surface area (Å²) >= 11 is 1.71. The standard InChI is InChI=1S/C14H14N6S/c1-19(14-18-11-6-15-3-2-12(11)21-14)10-8-20(9-10)13-7-16-4-5-17-13/h2-7,10H,8-9H2,1H3. The molecular weight excluding hydrogens is 284 g/mol. The van der Waals surface area contributed by atoms with Crippen LogP contribution in [0.3, 0.4) is 0 Å². The Morgan fingerprint density at radius 3 is 2.81 bits per heavy atom. The maximum Gasteiger partial charge on any atom is 0.186 e. The van der Waals surface area contributed by atoms with Crippen molar-refractivity contribution in [3.63, 3.8) is 0 Å². The van der Waals surface area contributed by atoms with Gasteiger partial charge in [0.05, 0.1) is 23.1 Å². The summed E-state index contributed by atoms with van der Waals surface area (Å²) in [6.45, 7) is 1.90. The number of hydrogen-bond acceptors (Lipinski definition) is 7. The highest BCUT2D eigenvalue weighted by molar-refractivity contribution is 7.22. The SMILES string of the molecule is CN(c1nc2cnccc2s1)C1CN(c2cnccn2)C1. The Morgan fingerprint density at radius 1 is 1.19 bits per heavy atom. The van der Waals surface area contributed by atoms with Gasteiger partial charge in [0.2, 0.25) is 0 Å². The number of rotatable bonds is 3. The van der Waals surface area contributed by atoms with Crippen molar-refractivity contribution in [1.82, 2.24) is 19.9 Å². The van der Waals surface area contributed by atoms with Crippen molar-refractivity contribution in [3.8, 4) is 0 Å². The fraction of sp³-hybridized carbons (Fsp3) is 0.286. The van der Waals surface area contributed by atoms with E-state index in [0.29, 0.717) is 6.04 Å². The first-order valence-corrected chi connectivity index (χ1v) is 7.57. The highest BCUT2D eigenvalue weighted by atomic mass is 32.1. The van der Waals surface area contributed by atoms with Crippen LogP contribution < -0.4 is 9.80 Å². The van der Waals surface area contributed by atoms with Gasteiger partial charge >= 0.3 is 0 Å². The molecule has 1 aliphatic heterocycles. The first-order valence-electron chi connectivity index (χ1n) is 6.75. The van der Waals surface area contributed by atoms with E-state index in [0.717, 1.165) is 29.6 Å². The molecule has 0 aliphatic carbocycles. The largest absolute Gasteiger partial charge is 0.351 e. The van der Waals surface area contributed by atoms with Crippen LogP contribution in [0.4, 0.5) is 10.9 Å². The molecule has 106 valence electrons. The maximum absolute atomic E-state index is 4.65. The van der Waals surface area contributed by atoms with Crippen LogP contribution in [-0.4, -0.2) is 46.1 Å². The zero-order valence-electron chi connectivity index (χ0n) is 11.5. The van der Waals surface area contributed by atoms with Gasteiger partial charge < -0.3 is 9.80 Å². The second-order valence-electron chi connectivity index (χ2n) is 5.07. The van der Waals surface area contributed by atoms with Crippen molar-refractivity contribution in [2.75, 3.05) is 29.9 Å². The lowest BCUT2D eigenvalue weighted by molar-refractivity contribution is 0.491. The maximum atomic E-state index is 4.65. The van der Waals surface area contributed by atoms with Gasteiger partial charge in [0.25, 0.3) is 0 Å². The molecule has 0 radical (unpaired) electrons. The minimum absolute atomic E-state index is 0.459. The Kier molecular flexibility index (Phi) is 2.92. The summed E-state index contributed by atoms with van der Waals surface area (Å²) < 4.78 is 1.18. The summed E-state index contributed by atoms with van der Waals surface area (Å²) in [5.41, 5.74) is 0.967. The van der Waals surface area contributed by atoms with E-state index in [2.05, 4.69) is 36.8 Å². The van der Waals surface area contributed by atoms with Crippen LogP contribution in [0.5, 0.6) is 0 Å². The average Bonchev–Trinajstić information content (AvgIpc) is 2.90. The van der Waals surface area contributed by atoms with Crippen LogP contribution in [-0.2, 0) is 0 Å². The third-order valence-electron chi connectivity index (χ3n) is 3.76. The number of anilines is 2. The summed E-state index contributed by atoms with van der Waals surface area (Å²) in [4.78, 5) is 21.7. The number of likely N-dealkylation sites (N-methyl/N-ethyl adjacent to an activating group) is 1. The van der Waals surface area contributed by atoms with Crippen molar-refractivity contribution >= 4 is 32.5 Å². The normalized spacial score (nSPS) is 15.2. The van der Waals surface area contributed by atoms with E-state index in [1.165, 1.54) is 4.70 Å². The third-order valence-corrected chi connectivity index (χ3v) is 4.89. The Hall–Kier alpha value is -2.28. The van der Waals surface area contributed by atoms with E-state index in [9.17, 15) is 0 Å². The van der Waals surface area contributed by atoms with Gasteiger partial charge in [0.15, 0.2) is 5.13 Å². The molecule has 0 aromatic carbocycles. The molecule has 0 N–H and O–H groups in total. The lowest BCUT2D eigenvalue weighted by Gasteiger charge is -2.44. The molecule has 7 heteroatoms. The summed E-state index contributed by atoms with van der Waals surface area (Å²) in [5, 5.41) is 1.04. The number of hydrogen-bond donors (Lipinski definition) is 0. The summed E-state index contributed by atoms with van der Waals surface area (Å²) in [5.74, 6) is 0.940. The molecule has 1 fully saturated rings. The fourth-order valence-corrected chi connectivity index (χ4v) is 3.38. The molecule has 0 amide bonds. The predicted octanol–water partition coefficient (Wildman–Crippen LogP) is 1.81. The number of pyridine rings is 1. The predicted molar refractivity (Wildman–Crippen MR) is 83.9 cm³/mol. The van der Waals surface area contributed by atoms with Crippen molar-refractivity contribution < 1.29 is 0 Å². The van der Waals surface area contributed by atoms with Crippen molar-refractivity contribution in [3.05, 3.63) is 37.1 Å². The topological polar surface area (TPSA) is 58.0 Å². The van der Waals surface area contributed by atoms with E-state index in [-0.39, 0.29) is 0 Å². The number of thiazole rings is 1. The van der Waals surface area contributed by atoms with Gasteiger partial charge in [-0.2, -0.15) is 0 Å². The van der Waals surface area contributed by atoms with Crippen LogP contribution in [0.2, 0.25) is 0 Å². The van der Waals surface area contributed by atoms with Gasteiger partial charge in [-0.15, -0.1) is 0 Å². The first-order chi connectivity index (χ1) is 10.3. The molecule has 4 heterocycles. The highest BCUT2D eigenvalue weighted by Crippen LogP contribution is 2.31. The van der Waals surface area contributed by atoms with Crippen molar-refractivity contribution in [2.24, 2.45) is 0 Å². The molecule has 0 unspecified atom stereocenters. The molecule has 3 aromatic rings. The second-order valence-corrected chi connectivity index (χ2v) is 6.08. The molecule has 0 atom stereocenters. The zero-order chi connectivity index (χ0) is 14.2. The molecule has 6 nitrogen and oxygen atoms in total. The summed E-state index contributed by atoms with van der Waals surface area (Å²) in [6.07, 6.45) is 8.85. The summed E-state index contributed by atoms with van der Waals surface area (Å²) in [7, 11) is 2.10. The van der Waals surface area contributed by atoms with E-state index in [1.54, 1.807) is 29.9 Å². The lowest BCUT2D eigenvalue weighted by Crippen LogP contribution is -2.59. The van der Waals surface area contributed by atoms with Crippen LogP contribution >= 0.6 is 11.3 Å². The van der Waals surface area contributed by atoms with Gasteiger partial charge in [-0.3, -0.25) is 9.97 Å². The third kappa shape index (κ3) is 2.19. The van der Waals surface area contributed by atoms with Gasteiger partial charge in [0, 0.05) is 38.7 Å². The number of fused-ring (bicyclic) bond motifs is 1. The first kappa shape index (κ1) is 12.5. The molecule has 0 saturated carbocycles. The lowest BCUT2D eigenvalue weighted by atomic mass is 10.1. The number of aromatic nitrogens is 4. The van der Waals surface area contributed by atoms with E-state index in [1.807, 2.05) is 18.5 Å². The molecule has 21 heavy (non-hydrogen) atoms. The van der Waals surface area contributed by atoms with Gasteiger partial charge in [-0.25, -0.2) is 9.97 Å². The van der Waals surface area contributed by atoms with Crippen LogP contribution in [0.25, 0.3) is 10.2 Å². The van der Waals surface area contributed by atoms with Gasteiger partial charge in [0.1, 0.15) is 11.3 Å². The van der Waals surface area contributed by atoms with Crippen LogP contribution in [0.1, 0.15) is 0 Å². The highest BCUT2D eigenvalue weighted by Gasteiger charge is 2.32. The molecular formula is C14H14N6S. The van der Waals surface area contributed by atoms with E-state index >= 15 is 0 Å². The molecule has 1 aliphatic rings. The fourth-order valence-electron chi connectivity index (χ4n) is 2.42. The minimum atomic E-state index is 0.459. The zero-order valence-corrected chi connectivity index (χ0v) is 12.4. The molecule has 0 spiro atoms. The summed E-state index contributed by atoms with van der Waals surface area (Å²) in [6, 6.07) is 2.47. The van der Waals surface area contributed by atoms with Crippen LogP contribution in [0.15, 0.2) is 37.1 Å². The Morgan fingerprint density at radius 2 is 2.05 bits per heavy atom.